The molecule has 19 heavy (non-hydrogen) atoms. The molecule has 1 aromatic rings. The van der Waals surface area contributed by atoms with E-state index in [-0.39, 0.29) is 17.9 Å². The van der Waals surface area contributed by atoms with Gasteiger partial charge in [-0.1, -0.05) is 13.8 Å². The summed E-state index contributed by atoms with van der Waals surface area (Å²) in [6, 6.07) is 0. The summed E-state index contributed by atoms with van der Waals surface area (Å²) in [4.78, 5) is 14.2. The van der Waals surface area contributed by atoms with E-state index in [4.69, 9.17) is 10.5 Å². The molecule has 0 spiro atoms. The van der Waals surface area contributed by atoms with Crippen LogP contribution < -0.4 is 5.73 Å². The number of hydrogen-bond donors (Lipinski definition) is 2. The number of nitrogens with zero attached hydrogens (tertiary/aromatic N) is 2. The zero-order valence-electron chi connectivity index (χ0n) is 11.8. The van der Waals surface area contributed by atoms with Gasteiger partial charge in [0.15, 0.2) is 5.69 Å². The Labute approximate surface area is 113 Å². The number of nitrogen functional groups attached to an aromatic ring is 1. The first-order valence-electron chi connectivity index (χ1n) is 6.75. The Kier molecular flexibility index (Phi) is 4.09. The van der Waals surface area contributed by atoms with Crippen molar-refractivity contribution in [3.8, 4) is 0 Å². The van der Waals surface area contributed by atoms with Crippen LogP contribution in [0.2, 0.25) is 0 Å². The minimum Gasteiger partial charge on any atom is -0.395 e. The molecule has 1 aliphatic heterocycles. The third kappa shape index (κ3) is 2.89. The number of nitrogens with two attached hydrogens (primary N) is 1. The van der Waals surface area contributed by atoms with Gasteiger partial charge in [0, 0.05) is 19.7 Å². The first kappa shape index (κ1) is 13.9. The predicted molar refractivity (Wildman–Crippen MR) is 73.0 cm³/mol. The van der Waals surface area contributed by atoms with Gasteiger partial charge in [0.2, 0.25) is 0 Å². The van der Waals surface area contributed by atoms with Crippen LogP contribution in [0.1, 0.15) is 49.3 Å². The molecule has 1 aromatic heterocycles. The van der Waals surface area contributed by atoms with Crippen molar-refractivity contribution in [2.75, 3.05) is 25.4 Å². The maximum Gasteiger partial charge on any atom is 0.276 e. The van der Waals surface area contributed by atoms with E-state index in [1.807, 2.05) is 20.8 Å². The second kappa shape index (κ2) is 5.61. The highest BCUT2D eigenvalue weighted by Gasteiger charge is 2.26. The number of aromatic nitrogens is 2. The van der Waals surface area contributed by atoms with Gasteiger partial charge in [-0.05, 0) is 19.3 Å². The molecule has 0 aromatic carbocycles. The first-order chi connectivity index (χ1) is 9.00. The van der Waals surface area contributed by atoms with Crippen LogP contribution >= 0.6 is 0 Å². The number of hydrogen-bond acceptors (Lipinski definition) is 4. The fourth-order valence-electron chi connectivity index (χ4n) is 2.30. The summed E-state index contributed by atoms with van der Waals surface area (Å²) >= 11 is 0. The average Bonchev–Trinajstić information content (AvgIpc) is 2.60. The minimum atomic E-state index is -0.113. The Morgan fingerprint density at radius 2 is 2.32 bits per heavy atom. The lowest BCUT2D eigenvalue weighted by Gasteiger charge is -2.21. The Balaban J connectivity index is 2.19. The van der Waals surface area contributed by atoms with E-state index >= 15 is 0 Å². The van der Waals surface area contributed by atoms with Gasteiger partial charge in [-0.3, -0.25) is 9.89 Å². The van der Waals surface area contributed by atoms with Crippen molar-refractivity contribution in [1.29, 1.82) is 0 Å². The van der Waals surface area contributed by atoms with Gasteiger partial charge >= 0.3 is 0 Å². The molecule has 0 bridgehead atoms. The summed E-state index contributed by atoms with van der Waals surface area (Å²) in [7, 11) is 0. The molecule has 2 heterocycles. The summed E-state index contributed by atoms with van der Waals surface area (Å²) in [5.74, 6) is 0.110. The van der Waals surface area contributed by atoms with Crippen molar-refractivity contribution < 1.29 is 9.53 Å². The van der Waals surface area contributed by atoms with Crippen molar-refractivity contribution in [2.45, 2.75) is 39.2 Å². The van der Waals surface area contributed by atoms with Gasteiger partial charge in [-0.15, -0.1) is 0 Å². The van der Waals surface area contributed by atoms with Crippen molar-refractivity contribution in [3.63, 3.8) is 0 Å². The molecule has 1 amide bonds. The van der Waals surface area contributed by atoms with Gasteiger partial charge < -0.3 is 15.4 Å². The largest absolute Gasteiger partial charge is 0.395 e. The average molecular weight is 266 g/mol. The van der Waals surface area contributed by atoms with Gasteiger partial charge in [0.1, 0.15) is 0 Å². The maximum absolute atomic E-state index is 12.5. The number of rotatable bonds is 2. The molecule has 1 fully saturated rings. The van der Waals surface area contributed by atoms with Gasteiger partial charge in [0.05, 0.1) is 17.5 Å². The molecule has 106 valence electrons. The molecule has 6 heteroatoms. The molecule has 0 radical (unpaired) electrons. The molecule has 2 rings (SSSR count). The third-order valence-electron chi connectivity index (χ3n) is 3.35. The summed E-state index contributed by atoms with van der Waals surface area (Å²) in [6.07, 6.45) is 0.897. The van der Waals surface area contributed by atoms with Gasteiger partial charge in [-0.2, -0.15) is 5.10 Å². The van der Waals surface area contributed by atoms with E-state index < -0.39 is 0 Å². The number of nitrogens with one attached hydrogen (secondary N) is 1. The van der Waals surface area contributed by atoms with Crippen LogP contribution in [0.5, 0.6) is 0 Å². The fraction of sp³-hybridized carbons (Fsp3) is 0.692. The number of carbonyl (C=O) groups is 1. The Morgan fingerprint density at radius 3 is 2.95 bits per heavy atom. The summed E-state index contributed by atoms with van der Waals surface area (Å²) in [5.41, 5.74) is 7.64. The topological polar surface area (TPSA) is 84.2 Å². The van der Waals surface area contributed by atoms with Gasteiger partial charge in [0.25, 0.3) is 5.91 Å². The number of anilines is 1. The van der Waals surface area contributed by atoms with Crippen molar-refractivity contribution in [3.05, 3.63) is 11.4 Å². The second-order valence-corrected chi connectivity index (χ2v) is 5.34. The van der Waals surface area contributed by atoms with Crippen LogP contribution in [-0.2, 0) is 4.74 Å². The summed E-state index contributed by atoms with van der Waals surface area (Å²) in [6.45, 7) is 7.96. The molecule has 1 atom stereocenters. The Hall–Kier alpha value is -1.56. The van der Waals surface area contributed by atoms with E-state index in [1.165, 1.54) is 0 Å². The highest BCUT2D eigenvalue weighted by molar-refractivity contribution is 5.97. The zero-order chi connectivity index (χ0) is 14.0. The standard InChI is InChI=1S/C13H22N4O2/c1-8(2)11-10(14)12(16-15-11)13(18)17-5-4-6-19-9(3)7-17/h8-9H,4-7,14H2,1-3H3,(H,15,16). The molecule has 0 aliphatic carbocycles. The molecule has 1 unspecified atom stereocenters. The quantitative estimate of drug-likeness (QED) is 0.846. The molecular weight excluding hydrogens is 244 g/mol. The molecule has 6 nitrogen and oxygen atoms in total. The minimum absolute atomic E-state index is 0.0520. The third-order valence-corrected chi connectivity index (χ3v) is 3.35. The summed E-state index contributed by atoms with van der Waals surface area (Å²) in [5, 5.41) is 6.95. The molecule has 1 aliphatic rings. The lowest BCUT2D eigenvalue weighted by molar-refractivity contribution is 0.0560. The van der Waals surface area contributed by atoms with Crippen LogP contribution in [0.4, 0.5) is 5.69 Å². The summed E-state index contributed by atoms with van der Waals surface area (Å²) < 4.78 is 5.54. The maximum atomic E-state index is 12.5. The molecule has 3 N–H and O–H groups in total. The molecular formula is C13H22N4O2. The normalized spacial score (nSPS) is 20.6. The van der Waals surface area contributed by atoms with E-state index in [0.717, 1.165) is 12.1 Å². The second-order valence-electron chi connectivity index (χ2n) is 5.34. The zero-order valence-corrected chi connectivity index (χ0v) is 11.8. The van der Waals surface area contributed by atoms with E-state index in [0.29, 0.717) is 31.1 Å². The Bertz CT molecular complexity index is 455. The smallest absolute Gasteiger partial charge is 0.276 e. The monoisotopic (exact) mass is 266 g/mol. The molecule has 0 saturated carbocycles. The van der Waals surface area contributed by atoms with Crippen LogP contribution in [0.15, 0.2) is 0 Å². The van der Waals surface area contributed by atoms with Crippen LogP contribution in [0.25, 0.3) is 0 Å². The van der Waals surface area contributed by atoms with Crippen molar-refractivity contribution in [1.82, 2.24) is 15.1 Å². The van der Waals surface area contributed by atoms with E-state index in [1.54, 1.807) is 4.90 Å². The van der Waals surface area contributed by atoms with Crippen LogP contribution in [0, 0.1) is 0 Å². The van der Waals surface area contributed by atoms with Crippen LogP contribution in [-0.4, -0.2) is 46.8 Å². The fourth-order valence-corrected chi connectivity index (χ4v) is 2.30. The number of carbonyl (C=O) groups excluding carboxylic acids is 1. The lowest BCUT2D eigenvalue weighted by atomic mass is 10.1. The van der Waals surface area contributed by atoms with Crippen molar-refractivity contribution >= 4 is 11.6 Å². The van der Waals surface area contributed by atoms with E-state index in [9.17, 15) is 4.79 Å². The number of amides is 1. The lowest BCUT2D eigenvalue weighted by Crippen LogP contribution is -2.36. The highest BCUT2D eigenvalue weighted by Crippen LogP contribution is 2.23. The van der Waals surface area contributed by atoms with Crippen LogP contribution in [0.3, 0.4) is 0 Å². The number of aromatic amines is 1. The Morgan fingerprint density at radius 1 is 1.58 bits per heavy atom. The number of ether oxygens (including phenoxy) is 1. The van der Waals surface area contributed by atoms with E-state index in [2.05, 4.69) is 10.2 Å². The SMILES string of the molecule is CC1CN(C(=O)c2n[nH]c(C(C)C)c2N)CCCO1. The first-order valence-corrected chi connectivity index (χ1v) is 6.75. The predicted octanol–water partition coefficient (Wildman–Crippen LogP) is 1.37. The molecule has 1 saturated heterocycles. The van der Waals surface area contributed by atoms with Crippen molar-refractivity contribution in [2.24, 2.45) is 0 Å². The number of H-pyrrole nitrogens is 1. The van der Waals surface area contributed by atoms with Gasteiger partial charge in [-0.25, -0.2) is 0 Å². The highest BCUT2D eigenvalue weighted by atomic mass is 16.5.